The predicted molar refractivity (Wildman–Crippen MR) is 77.7 cm³/mol. The first-order valence-electron chi connectivity index (χ1n) is 6.99. The Bertz CT molecular complexity index is 475. The molecular formula is C16H23NO3. The molecule has 1 saturated heterocycles. The van der Waals surface area contributed by atoms with Crippen LogP contribution in [0.2, 0.25) is 0 Å². The highest BCUT2D eigenvalue weighted by atomic mass is 16.6. The van der Waals surface area contributed by atoms with Crippen molar-refractivity contribution in [2.45, 2.75) is 45.3 Å². The highest BCUT2D eigenvalue weighted by Gasteiger charge is 2.36. The maximum absolute atomic E-state index is 12.0. The average Bonchev–Trinajstić information content (AvgIpc) is 2.70. The summed E-state index contributed by atoms with van der Waals surface area (Å²) >= 11 is 0. The summed E-state index contributed by atoms with van der Waals surface area (Å²) in [5.74, 6) is -0.0388. The summed E-state index contributed by atoms with van der Waals surface area (Å²) in [7, 11) is 0. The first-order valence-corrected chi connectivity index (χ1v) is 6.99. The van der Waals surface area contributed by atoms with Gasteiger partial charge in [0.1, 0.15) is 5.60 Å². The number of ether oxygens (including phenoxy) is 1. The number of carbonyl (C=O) groups is 1. The van der Waals surface area contributed by atoms with Crippen molar-refractivity contribution < 1.29 is 14.6 Å². The fraction of sp³-hybridized carbons (Fsp3) is 0.562. The molecule has 1 aliphatic heterocycles. The van der Waals surface area contributed by atoms with Crippen molar-refractivity contribution in [1.29, 1.82) is 0 Å². The molecule has 4 nitrogen and oxygen atoms in total. The largest absolute Gasteiger partial charge is 0.444 e. The lowest BCUT2D eigenvalue weighted by molar-refractivity contribution is 0.0270. The van der Waals surface area contributed by atoms with Crippen molar-refractivity contribution >= 4 is 6.09 Å². The first-order chi connectivity index (χ1) is 9.26. The SMILES string of the molecule is Cc1ccc(C2CN(C(=O)OC(C)(C)C)CC2O)cc1. The molecule has 20 heavy (non-hydrogen) atoms. The Morgan fingerprint density at radius 2 is 1.85 bits per heavy atom. The Balaban J connectivity index is 2.05. The number of nitrogens with zero attached hydrogens (tertiary/aromatic N) is 1. The number of rotatable bonds is 1. The van der Waals surface area contributed by atoms with Crippen LogP contribution in [0.3, 0.4) is 0 Å². The zero-order valence-corrected chi connectivity index (χ0v) is 12.6. The third-order valence-electron chi connectivity index (χ3n) is 3.45. The number of aliphatic hydroxyl groups excluding tert-OH is 1. The minimum absolute atomic E-state index is 0.0388. The van der Waals surface area contributed by atoms with Crippen LogP contribution in [0.4, 0.5) is 4.79 Å². The molecule has 1 aromatic carbocycles. The van der Waals surface area contributed by atoms with Crippen molar-refractivity contribution in [2.24, 2.45) is 0 Å². The molecule has 0 saturated carbocycles. The normalized spacial score (nSPS) is 22.9. The highest BCUT2D eigenvalue weighted by molar-refractivity contribution is 5.69. The van der Waals surface area contributed by atoms with Gasteiger partial charge < -0.3 is 14.7 Å². The van der Waals surface area contributed by atoms with Gasteiger partial charge in [-0.2, -0.15) is 0 Å². The van der Waals surface area contributed by atoms with Crippen LogP contribution in [-0.4, -0.2) is 40.9 Å². The molecule has 110 valence electrons. The van der Waals surface area contributed by atoms with Gasteiger partial charge in [-0.05, 0) is 33.3 Å². The van der Waals surface area contributed by atoms with Gasteiger partial charge in [0.25, 0.3) is 0 Å². The zero-order chi connectivity index (χ0) is 14.9. The molecule has 4 heteroatoms. The number of carbonyl (C=O) groups excluding carboxylic acids is 1. The Morgan fingerprint density at radius 1 is 1.25 bits per heavy atom. The van der Waals surface area contributed by atoms with Gasteiger partial charge in [-0.1, -0.05) is 29.8 Å². The van der Waals surface area contributed by atoms with E-state index in [1.54, 1.807) is 4.90 Å². The number of aliphatic hydroxyl groups is 1. The molecule has 0 radical (unpaired) electrons. The Kier molecular flexibility index (Phi) is 4.04. The molecule has 1 fully saturated rings. The van der Waals surface area contributed by atoms with Crippen molar-refractivity contribution in [3.05, 3.63) is 35.4 Å². The molecule has 1 amide bonds. The van der Waals surface area contributed by atoms with E-state index in [0.29, 0.717) is 13.1 Å². The average molecular weight is 277 g/mol. The molecule has 0 aliphatic carbocycles. The van der Waals surface area contributed by atoms with Crippen molar-refractivity contribution in [2.75, 3.05) is 13.1 Å². The standard InChI is InChI=1S/C16H23NO3/c1-11-5-7-12(8-6-11)13-9-17(10-14(13)18)15(19)20-16(2,3)4/h5-8,13-14,18H,9-10H2,1-4H3. The van der Waals surface area contributed by atoms with Crippen molar-refractivity contribution in [3.63, 3.8) is 0 Å². The Hall–Kier alpha value is -1.55. The predicted octanol–water partition coefficient (Wildman–Crippen LogP) is 2.69. The zero-order valence-electron chi connectivity index (χ0n) is 12.6. The van der Waals surface area contributed by atoms with Gasteiger partial charge in [-0.25, -0.2) is 4.79 Å². The first kappa shape index (κ1) is 14.9. The van der Waals surface area contributed by atoms with Crippen LogP contribution >= 0.6 is 0 Å². The minimum Gasteiger partial charge on any atom is -0.444 e. The summed E-state index contributed by atoms with van der Waals surface area (Å²) < 4.78 is 5.35. The number of benzene rings is 1. The van der Waals surface area contributed by atoms with E-state index < -0.39 is 11.7 Å². The Labute approximate surface area is 120 Å². The number of amides is 1. The molecule has 1 aromatic rings. The molecule has 0 aromatic heterocycles. The molecule has 1 aliphatic rings. The van der Waals surface area contributed by atoms with Gasteiger partial charge in [0, 0.05) is 12.5 Å². The Morgan fingerprint density at radius 3 is 2.40 bits per heavy atom. The number of aryl methyl sites for hydroxylation is 1. The maximum atomic E-state index is 12.0. The molecule has 2 atom stereocenters. The van der Waals surface area contributed by atoms with Crippen LogP contribution in [0.25, 0.3) is 0 Å². The van der Waals surface area contributed by atoms with Crippen molar-refractivity contribution in [1.82, 2.24) is 4.90 Å². The molecular weight excluding hydrogens is 254 g/mol. The van der Waals surface area contributed by atoms with Crippen LogP contribution < -0.4 is 0 Å². The second-order valence-electron chi connectivity index (χ2n) is 6.47. The summed E-state index contributed by atoms with van der Waals surface area (Å²) in [4.78, 5) is 13.6. The van der Waals surface area contributed by atoms with Crippen LogP contribution in [-0.2, 0) is 4.74 Å². The van der Waals surface area contributed by atoms with Crippen molar-refractivity contribution in [3.8, 4) is 0 Å². The van der Waals surface area contributed by atoms with E-state index in [4.69, 9.17) is 4.74 Å². The fourth-order valence-corrected chi connectivity index (χ4v) is 2.40. The third kappa shape index (κ3) is 3.51. The smallest absolute Gasteiger partial charge is 0.410 e. The van der Waals surface area contributed by atoms with Crippen LogP contribution in [0.1, 0.15) is 37.8 Å². The summed E-state index contributed by atoms with van der Waals surface area (Å²) in [5.41, 5.74) is 1.74. The monoisotopic (exact) mass is 277 g/mol. The lowest BCUT2D eigenvalue weighted by atomic mass is 9.95. The fourth-order valence-electron chi connectivity index (χ4n) is 2.40. The van der Waals surface area contributed by atoms with Crippen LogP contribution in [0, 0.1) is 6.92 Å². The van der Waals surface area contributed by atoms with E-state index in [2.05, 4.69) is 0 Å². The van der Waals surface area contributed by atoms with Crippen LogP contribution in [0.5, 0.6) is 0 Å². The number of hydrogen-bond acceptors (Lipinski definition) is 3. The van der Waals surface area contributed by atoms with E-state index >= 15 is 0 Å². The third-order valence-corrected chi connectivity index (χ3v) is 3.45. The summed E-state index contributed by atoms with van der Waals surface area (Å²) in [6.07, 6.45) is -0.892. The number of β-amino-alcohol motifs (C(OH)–C–C–N with tert-alkyl or cyclic N) is 1. The topological polar surface area (TPSA) is 49.8 Å². The second kappa shape index (κ2) is 5.44. The molecule has 2 unspecified atom stereocenters. The summed E-state index contributed by atoms with van der Waals surface area (Å²) in [6.45, 7) is 8.38. The summed E-state index contributed by atoms with van der Waals surface area (Å²) in [5, 5.41) is 10.2. The van der Waals surface area contributed by atoms with Gasteiger partial charge in [0.2, 0.25) is 0 Å². The van der Waals surface area contributed by atoms with E-state index in [1.165, 1.54) is 5.56 Å². The highest BCUT2D eigenvalue weighted by Crippen LogP contribution is 2.28. The van der Waals surface area contributed by atoms with E-state index in [1.807, 2.05) is 52.0 Å². The number of likely N-dealkylation sites (tertiary alicyclic amines) is 1. The van der Waals surface area contributed by atoms with Crippen LogP contribution in [0.15, 0.2) is 24.3 Å². The number of hydrogen-bond donors (Lipinski definition) is 1. The van der Waals surface area contributed by atoms with E-state index in [0.717, 1.165) is 5.56 Å². The molecule has 0 spiro atoms. The minimum atomic E-state index is -0.537. The van der Waals surface area contributed by atoms with E-state index in [-0.39, 0.29) is 12.0 Å². The van der Waals surface area contributed by atoms with Gasteiger partial charge >= 0.3 is 6.09 Å². The van der Waals surface area contributed by atoms with Gasteiger partial charge in [0.05, 0.1) is 12.6 Å². The van der Waals surface area contributed by atoms with Gasteiger partial charge in [-0.3, -0.25) is 0 Å². The summed E-state index contributed by atoms with van der Waals surface area (Å²) in [6, 6.07) is 8.08. The molecule has 0 bridgehead atoms. The second-order valence-corrected chi connectivity index (χ2v) is 6.47. The molecule has 1 heterocycles. The maximum Gasteiger partial charge on any atom is 0.410 e. The quantitative estimate of drug-likeness (QED) is 0.858. The lowest BCUT2D eigenvalue weighted by Crippen LogP contribution is -2.35. The van der Waals surface area contributed by atoms with Gasteiger partial charge in [-0.15, -0.1) is 0 Å². The molecule has 2 rings (SSSR count). The van der Waals surface area contributed by atoms with Gasteiger partial charge in [0.15, 0.2) is 0 Å². The molecule has 1 N–H and O–H groups in total. The lowest BCUT2D eigenvalue weighted by Gasteiger charge is -2.24. The van der Waals surface area contributed by atoms with E-state index in [9.17, 15) is 9.90 Å².